The molecule has 0 radical (unpaired) electrons. The van der Waals surface area contributed by atoms with Crippen LogP contribution in [0.4, 0.5) is 0 Å². The van der Waals surface area contributed by atoms with Crippen molar-refractivity contribution >= 4 is 6.08 Å². The molecule has 3 heterocycles. The molecule has 0 aliphatic carbocycles. The lowest BCUT2D eigenvalue weighted by atomic mass is 10.1. The van der Waals surface area contributed by atoms with Crippen LogP contribution in [-0.4, -0.2) is 26.9 Å². The summed E-state index contributed by atoms with van der Waals surface area (Å²) in [5, 5.41) is 4.32. The van der Waals surface area contributed by atoms with Crippen LogP contribution in [0.1, 0.15) is 18.1 Å². The van der Waals surface area contributed by atoms with E-state index in [1.807, 2.05) is 29.8 Å². The van der Waals surface area contributed by atoms with Crippen molar-refractivity contribution in [2.75, 3.05) is 7.11 Å². The Kier molecular flexibility index (Phi) is 5.09. The molecule has 25 heavy (non-hydrogen) atoms. The first-order chi connectivity index (χ1) is 12.3. The van der Waals surface area contributed by atoms with Gasteiger partial charge in [-0.2, -0.15) is 5.10 Å². The predicted molar refractivity (Wildman–Crippen MR) is 96.3 cm³/mol. The molecular formula is C19H20N4O2. The number of pyridine rings is 2. The molecule has 0 spiro atoms. The molecule has 0 aromatic carbocycles. The van der Waals surface area contributed by atoms with E-state index in [2.05, 4.69) is 21.6 Å². The molecule has 0 saturated heterocycles. The Bertz CT molecular complexity index is 873. The molecule has 0 saturated carbocycles. The van der Waals surface area contributed by atoms with Gasteiger partial charge in [-0.05, 0) is 19.1 Å². The third-order valence-electron chi connectivity index (χ3n) is 3.87. The lowest BCUT2D eigenvalue weighted by Gasteiger charge is -2.14. The highest BCUT2D eigenvalue weighted by Crippen LogP contribution is 2.29. The monoisotopic (exact) mass is 336 g/mol. The highest BCUT2D eigenvalue weighted by molar-refractivity contribution is 5.62. The van der Waals surface area contributed by atoms with Gasteiger partial charge in [0.25, 0.3) is 0 Å². The van der Waals surface area contributed by atoms with Crippen molar-refractivity contribution in [2.45, 2.75) is 20.1 Å². The topological polar surface area (TPSA) is 62.1 Å². The first kappa shape index (κ1) is 16.7. The van der Waals surface area contributed by atoms with Crippen LogP contribution >= 0.6 is 0 Å². The molecule has 6 heteroatoms. The van der Waals surface area contributed by atoms with Crippen molar-refractivity contribution in [1.29, 1.82) is 0 Å². The maximum Gasteiger partial charge on any atom is 0.149 e. The highest BCUT2D eigenvalue weighted by atomic mass is 16.5. The minimum atomic E-state index is 0.355. The van der Waals surface area contributed by atoms with Crippen LogP contribution in [0.2, 0.25) is 0 Å². The Labute approximate surface area is 146 Å². The highest BCUT2D eigenvalue weighted by Gasteiger charge is 2.13. The zero-order valence-corrected chi connectivity index (χ0v) is 14.3. The standard InChI is InChI=1S/C19H20N4O2/c1-4-15-17(24-3)11-20-12-18(15)25-13-14-7-6-9-21-19(14)16-8-10-22-23(16)5-2/h4,6-12H,1,5,13H2,2-3H3. The summed E-state index contributed by atoms with van der Waals surface area (Å²) in [6.45, 7) is 7.01. The van der Waals surface area contributed by atoms with Crippen molar-refractivity contribution in [2.24, 2.45) is 0 Å². The van der Waals surface area contributed by atoms with Crippen molar-refractivity contribution in [1.82, 2.24) is 19.7 Å². The Balaban J connectivity index is 1.90. The van der Waals surface area contributed by atoms with Gasteiger partial charge in [-0.25, -0.2) is 0 Å². The second kappa shape index (κ2) is 7.61. The third-order valence-corrected chi connectivity index (χ3v) is 3.87. The maximum atomic E-state index is 5.99. The molecule has 0 atom stereocenters. The number of hydrogen-bond acceptors (Lipinski definition) is 5. The van der Waals surface area contributed by atoms with Crippen LogP contribution in [0.15, 0.2) is 49.6 Å². The third kappa shape index (κ3) is 3.38. The minimum absolute atomic E-state index is 0.355. The molecule has 3 aromatic heterocycles. The molecular weight excluding hydrogens is 316 g/mol. The number of methoxy groups -OCH3 is 1. The van der Waals surface area contributed by atoms with E-state index in [1.54, 1.807) is 38.0 Å². The first-order valence-corrected chi connectivity index (χ1v) is 8.01. The number of rotatable bonds is 7. The summed E-state index contributed by atoms with van der Waals surface area (Å²) < 4.78 is 13.2. The largest absolute Gasteiger partial charge is 0.494 e. The molecule has 6 nitrogen and oxygen atoms in total. The van der Waals surface area contributed by atoms with Crippen LogP contribution in [0.25, 0.3) is 17.5 Å². The summed E-state index contributed by atoms with van der Waals surface area (Å²) >= 11 is 0. The van der Waals surface area contributed by atoms with Crippen LogP contribution in [0, 0.1) is 0 Å². The van der Waals surface area contributed by atoms with Crippen molar-refractivity contribution < 1.29 is 9.47 Å². The second-order valence-electron chi connectivity index (χ2n) is 5.29. The van der Waals surface area contributed by atoms with E-state index >= 15 is 0 Å². The summed E-state index contributed by atoms with van der Waals surface area (Å²) in [4.78, 5) is 8.67. The zero-order chi connectivity index (χ0) is 17.6. The Morgan fingerprint density at radius 3 is 2.80 bits per heavy atom. The number of nitrogens with zero attached hydrogens (tertiary/aromatic N) is 4. The number of hydrogen-bond donors (Lipinski definition) is 0. The van der Waals surface area contributed by atoms with E-state index < -0.39 is 0 Å². The van der Waals surface area contributed by atoms with E-state index in [0.717, 1.165) is 29.1 Å². The van der Waals surface area contributed by atoms with Crippen molar-refractivity contribution in [3.8, 4) is 22.9 Å². The normalized spacial score (nSPS) is 10.5. The molecule has 0 unspecified atom stereocenters. The zero-order valence-electron chi connectivity index (χ0n) is 14.3. The molecule has 0 aliphatic rings. The summed E-state index contributed by atoms with van der Waals surface area (Å²) in [7, 11) is 1.60. The summed E-state index contributed by atoms with van der Waals surface area (Å²) in [6.07, 6.45) is 8.55. The number of ether oxygens (including phenoxy) is 2. The fraction of sp³-hybridized carbons (Fsp3) is 0.211. The predicted octanol–water partition coefficient (Wildman–Crippen LogP) is 3.59. The second-order valence-corrected chi connectivity index (χ2v) is 5.29. The molecule has 0 bridgehead atoms. The Morgan fingerprint density at radius 1 is 1.20 bits per heavy atom. The molecule has 0 N–H and O–H groups in total. The average molecular weight is 336 g/mol. The van der Waals surface area contributed by atoms with Gasteiger partial charge in [0, 0.05) is 24.5 Å². The Hall–Kier alpha value is -3.15. The molecule has 0 aliphatic heterocycles. The van der Waals surface area contributed by atoms with Gasteiger partial charge in [0.15, 0.2) is 0 Å². The van der Waals surface area contributed by atoms with E-state index in [9.17, 15) is 0 Å². The van der Waals surface area contributed by atoms with Gasteiger partial charge >= 0.3 is 0 Å². The summed E-state index contributed by atoms with van der Waals surface area (Å²) in [5.74, 6) is 1.25. The van der Waals surface area contributed by atoms with Crippen LogP contribution < -0.4 is 9.47 Å². The number of aromatic nitrogens is 4. The van der Waals surface area contributed by atoms with E-state index in [1.165, 1.54) is 0 Å². The van der Waals surface area contributed by atoms with Gasteiger partial charge < -0.3 is 9.47 Å². The molecule has 0 fully saturated rings. The molecule has 3 rings (SSSR count). The number of aryl methyl sites for hydroxylation is 1. The van der Waals surface area contributed by atoms with Gasteiger partial charge in [-0.15, -0.1) is 0 Å². The van der Waals surface area contributed by atoms with Gasteiger partial charge in [-0.1, -0.05) is 18.7 Å². The SMILES string of the molecule is C=Cc1c(OC)cncc1OCc1cccnc1-c1ccnn1CC. The fourth-order valence-electron chi connectivity index (χ4n) is 2.64. The fourth-order valence-corrected chi connectivity index (χ4v) is 2.64. The van der Waals surface area contributed by atoms with Crippen LogP contribution in [0.3, 0.4) is 0 Å². The van der Waals surface area contributed by atoms with Gasteiger partial charge in [0.2, 0.25) is 0 Å². The van der Waals surface area contributed by atoms with Crippen molar-refractivity contribution in [3.05, 3.63) is 60.7 Å². The van der Waals surface area contributed by atoms with E-state index in [-0.39, 0.29) is 0 Å². The summed E-state index contributed by atoms with van der Waals surface area (Å²) in [6, 6.07) is 5.85. The lowest BCUT2D eigenvalue weighted by Crippen LogP contribution is -2.05. The maximum absolute atomic E-state index is 5.99. The van der Waals surface area contributed by atoms with E-state index in [0.29, 0.717) is 18.1 Å². The quantitative estimate of drug-likeness (QED) is 0.660. The smallest absolute Gasteiger partial charge is 0.149 e. The van der Waals surface area contributed by atoms with Gasteiger partial charge in [-0.3, -0.25) is 14.6 Å². The van der Waals surface area contributed by atoms with Gasteiger partial charge in [0.1, 0.15) is 18.1 Å². The molecule has 128 valence electrons. The Morgan fingerprint density at radius 2 is 2.04 bits per heavy atom. The van der Waals surface area contributed by atoms with Crippen LogP contribution in [0.5, 0.6) is 11.5 Å². The molecule has 3 aromatic rings. The average Bonchev–Trinajstić information content (AvgIpc) is 3.14. The van der Waals surface area contributed by atoms with Crippen LogP contribution in [-0.2, 0) is 13.2 Å². The first-order valence-electron chi connectivity index (χ1n) is 8.01. The summed E-state index contributed by atoms with van der Waals surface area (Å²) in [5.41, 5.74) is 3.57. The minimum Gasteiger partial charge on any atom is -0.494 e. The van der Waals surface area contributed by atoms with Gasteiger partial charge in [0.05, 0.1) is 36.5 Å². The van der Waals surface area contributed by atoms with Crippen molar-refractivity contribution in [3.63, 3.8) is 0 Å². The lowest BCUT2D eigenvalue weighted by molar-refractivity contribution is 0.301. The van der Waals surface area contributed by atoms with E-state index in [4.69, 9.17) is 9.47 Å². The molecule has 0 amide bonds.